The van der Waals surface area contributed by atoms with E-state index in [0.29, 0.717) is 5.75 Å². The Morgan fingerprint density at radius 2 is 1.03 bits per heavy atom. The third-order valence-electron chi connectivity index (χ3n) is 8.39. The van der Waals surface area contributed by atoms with Crippen LogP contribution in [0.1, 0.15) is 147 Å². The first-order valence-corrected chi connectivity index (χ1v) is 18.6. The number of carboxylic acids is 1. The molecule has 0 amide bonds. The number of carbonyl (C=O) groups is 1. The number of phenols is 1. The minimum absolute atomic E-state index is 0.0502. The van der Waals surface area contributed by atoms with Gasteiger partial charge in [-0.3, -0.25) is 0 Å². The molecule has 0 aliphatic rings. The first-order chi connectivity index (χ1) is 17.9. The first kappa shape index (κ1) is 33.9. The van der Waals surface area contributed by atoms with E-state index in [0.717, 1.165) is 11.1 Å². The third-order valence-corrected chi connectivity index (χ3v) is 13.9. The summed E-state index contributed by atoms with van der Waals surface area (Å²) in [6.07, 6.45) is 27.2. The summed E-state index contributed by atoms with van der Waals surface area (Å²) < 4.78 is 0. The summed E-state index contributed by atoms with van der Waals surface area (Å²) in [6.45, 7) is 8.76. The summed E-state index contributed by atoms with van der Waals surface area (Å²) in [7, 11) is -1.97. The molecule has 4 heteroatoms. The number of phenolic OH excluding ortho intramolecular Hbond substituents is 1. The molecule has 0 aliphatic carbocycles. The van der Waals surface area contributed by atoms with Crippen molar-refractivity contribution in [1.82, 2.24) is 0 Å². The molecule has 0 unspecified atom stereocenters. The van der Waals surface area contributed by atoms with Crippen molar-refractivity contribution in [2.75, 3.05) is 18.5 Å². The maximum atomic E-state index is 11.6. The number of benzene rings is 1. The molecule has 2 N–H and O–H groups in total. The van der Waals surface area contributed by atoms with Crippen LogP contribution in [0.4, 0.5) is 0 Å². The Morgan fingerprint density at radius 3 is 1.41 bits per heavy atom. The van der Waals surface area contributed by atoms with Crippen LogP contribution in [-0.4, -0.2) is 34.7 Å². The quantitative estimate of drug-likeness (QED) is 0.102. The molecule has 0 spiro atoms. The molecule has 0 fully saturated rings. The zero-order valence-electron chi connectivity index (χ0n) is 25.0. The Labute approximate surface area is 230 Å². The third kappa shape index (κ3) is 14.0. The summed E-state index contributed by atoms with van der Waals surface area (Å²) in [4.78, 5) is 11.6. The fourth-order valence-electron chi connectivity index (χ4n) is 6.03. The van der Waals surface area contributed by atoms with Gasteiger partial charge >= 0.3 is 231 Å². The van der Waals surface area contributed by atoms with Gasteiger partial charge in [0.1, 0.15) is 0 Å². The van der Waals surface area contributed by atoms with Crippen molar-refractivity contribution >= 4 is 18.5 Å². The Balaban J connectivity index is 3.18. The predicted octanol–water partition coefficient (Wildman–Crippen LogP) is 9.78. The number of carboxylic acid groups (broad SMARTS) is 1. The van der Waals surface area contributed by atoms with Gasteiger partial charge in [-0.25, -0.2) is 0 Å². The van der Waals surface area contributed by atoms with Gasteiger partial charge in [-0.2, -0.15) is 0 Å². The van der Waals surface area contributed by atoms with E-state index in [4.69, 9.17) is 0 Å². The standard InChI is InChI=1S/C33H61O3P/c1-5-8-11-14-17-20-23-37(24-21-18-15-12-9-6-2,25-22-19-16-13-10-7-3)32-27-30(28-33(35)36)29(4)26-31(32)34/h26-27,34,37H,5-25,28H2,1-4H3,(H,35,36). The van der Waals surface area contributed by atoms with Crippen molar-refractivity contribution in [1.29, 1.82) is 0 Å². The molecule has 37 heavy (non-hydrogen) atoms. The number of unbranched alkanes of at least 4 members (excludes halogenated alkanes) is 15. The van der Waals surface area contributed by atoms with E-state index in [2.05, 4.69) is 26.8 Å². The van der Waals surface area contributed by atoms with Crippen LogP contribution in [0.3, 0.4) is 0 Å². The van der Waals surface area contributed by atoms with Crippen LogP contribution < -0.4 is 5.30 Å². The molecule has 0 aromatic heterocycles. The van der Waals surface area contributed by atoms with Gasteiger partial charge in [0.2, 0.25) is 0 Å². The van der Waals surface area contributed by atoms with Gasteiger partial charge in [-0.05, 0) is 0 Å². The molecule has 0 saturated carbocycles. The van der Waals surface area contributed by atoms with Crippen molar-refractivity contribution < 1.29 is 15.0 Å². The zero-order valence-corrected chi connectivity index (χ0v) is 26.0. The summed E-state index contributed by atoms with van der Waals surface area (Å²) in [5.74, 6) is -0.337. The van der Waals surface area contributed by atoms with Gasteiger partial charge in [0, 0.05) is 0 Å². The number of aromatic hydroxyl groups is 1. The van der Waals surface area contributed by atoms with Crippen LogP contribution in [0.5, 0.6) is 5.75 Å². The van der Waals surface area contributed by atoms with E-state index >= 15 is 0 Å². The molecule has 3 nitrogen and oxygen atoms in total. The van der Waals surface area contributed by atoms with Gasteiger partial charge < -0.3 is 0 Å². The monoisotopic (exact) mass is 536 g/mol. The molecular weight excluding hydrogens is 475 g/mol. The molecular formula is C33H61O3P. The number of hydrogen-bond donors (Lipinski definition) is 2. The average molecular weight is 537 g/mol. The molecule has 0 heterocycles. The average Bonchev–Trinajstić information content (AvgIpc) is 2.86. The summed E-state index contributed by atoms with van der Waals surface area (Å²) >= 11 is 0. The summed E-state index contributed by atoms with van der Waals surface area (Å²) in [6, 6.07) is 4.01. The van der Waals surface area contributed by atoms with Crippen LogP contribution in [0.25, 0.3) is 0 Å². The van der Waals surface area contributed by atoms with E-state index in [1.54, 1.807) is 0 Å². The summed E-state index contributed by atoms with van der Waals surface area (Å²) in [5.41, 5.74) is 1.80. The van der Waals surface area contributed by atoms with Crippen molar-refractivity contribution in [3.05, 3.63) is 23.3 Å². The molecule has 216 valence electrons. The van der Waals surface area contributed by atoms with Gasteiger partial charge in [0.15, 0.2) is 0 Å². The van der Waals surface area contributed by atoms with E-state index < -0.39 is 13.2 Å². The Morgan fingerprint density at radius 1 is 0.649 bits per heavy atom. The molecule has 0 aliphatic heterocycles. The summed E-state index contributed by atoms with van der Waals surface area (Å²) in [5, 5.41) is 22.0. The van der Waals surface area contributed by atoms with E-state index in [9.17, 15) is 15.0 Å². The normalized spacial score (nSPS) is 12.2. The van der Waals surface area contributed by atoms with Crippen molar-refractivity contribution in [2.45, 2.75) is 150 Å². The van der Waals surface area contributed by atoms with Gasteiger partial charge in [0.25, 0.3) is 0 Å². The second-order valence-electron chi connectivity index (χ2n) is 11.7. The molecule has 0 bridgehead atoms. The van der Waals surface area contributed by atoms with Crippen molar-refractivity contribution in [3.8, 4) is 5.75 Å². The van der Waals surface area contributed by atoms with Crippen molar-refractivity contribution in [2.24, 2.45) is 0 Å². The first-order valence-electron chi connectivity index (χ1n) is 15.9. The molecule has 1 aromatic rings. The van der Waals surface area contributed by atoms with E-state index in [-0.39, 0.29) is 6.42 Å². The molecule has 1 rings (SSSR count). The van der Waals surface area contributed by atoms with Crippen molar-refractivity contribution in [3.63, 3.8) is 0 Å². The van der Waals surface area contributed by atoms with E-state index in [1.807, 2.05) is 13.0 Å². The molecule has 0 saturated heterocycles. The Bertz CT molecular complexity index is 690. The number of rotatable bonds is 24. The second kappa shape index (κ2) is 20.8. The van der Waals surface area contributed by atoms with Gasteiger partial charge in [-0.1, -0.05) is 0 Å². The topological polar surface area (TPSA) is 57.5 Å². The second-order valence-corrected chi connectivity index (χ2v) is 16.3. The molecule has 0 atom stereocenters. The van der Waals surface area contributed by atoms with Crippen LogP contribution in [0.2, 0.25) is 0 Å². The molecule has 1 aromatic carbocycles. The van der Waals surface area contributed by atoms with Crippen LogP contribution in [0.15, 0.2) is 12.1 Å². The number of aryl methyl sites for hydroxylation is 1. The number of aliphatic carboxylic acids is 1. The maximum absolute atomic E-state index is 11.6. The van der Waals surface area contributed by atoms with Crippen LogP contribution in [-0.2, 0) is 11.2 Å². The minimum atomic E-state index is -1.97. The fourth-order valence-corrected chi connectivity index (χ4v) is 11.5. The molecule has 0 radical (unpaired) electrons. The Kier molecular flexibility index (Phi) is 19.1. The van der Waals surface area contributed by atoms with Gasteiger partial charge in [-0.15, -0.1) is 0 Å². The number of hydrogen-bond acceptors (Lipinski definition) is 2. The van der Waals surface area contributed by atoms with E-state index in [1.165, 1.54) is 139 Å². The van der Waals surface area contributed by atoms with Crippen LogP contribution >= 0.6 is 7.26 Å². The SMILES string of the molecule is CCCCCCCC[PH](CCCCCCCC)(CCCCCCCC)c1cc(CC(=O)O)c(C)cc1O. The Hall–Kier alpha value is -1.08. The zero-order chi connectivity index (χ0) is 27.4. The van der Waals surface area contributed by atoms with Gasteiger partial charge in [0.05, 0.1) is 0 Å². The van der Waals surface area contributed by atoms with Crippen LogP contribution in [0, 0.1) is 6.92 Å². The predicted molar refractivity (Wildman–Crippen MR) is 167 cm³/mol. The fraction of sp³-hybridized carbons (Fsp3) is 0.788.